The Bertz CT molecular complexity index is 1300. The van der Waals surface area contributed by atoms with Crippen LogP contribution in [0, 0.1) is 0 Å². The van der Waals surface area contributed by atoms with Gasteiger partial charge in [0, 0.05) is 59.8 Å². The van der Waals surface area contributed by atoms with Crippen LogP contribution in [0.5, 0.6) is 11.5 Å². The summed E-state index contributed by atoms with van der Waals surface area (Å²) in [4.78, 5) is 5.76. The number of nitrogens with zero attached hydrogens (tertiary/aromatic N) is 2. The van der Waals surface area contributed by atoms with Gasteiger partial charge in [0.15, 0.2) is 0 Å². The fraction of sp³-hybridized carbons (Fsp3) is 0.417. The molecule has 1 spiro atoms. The molecule has 33 heavy (non-hydrogen) atoms. The van der Waals surface area contributed by atoms with E-state index in [1.165, 1.54) is 10.6 Å². The minimum atomic E-state index is -3.28. The molecule has 0 saturated carbocycles. The van der Waals surface area contributed by atoms with Crippen LogP contribution in [0.25, 0.3) is 10.9 Å². The molecular weight excluding hydrogens is 442 g/mol. The van der Waals surface area contributed by atoms with Crippen LogP contribution in [-0.4, -0.2) is 74.4 Å². The number of para-hydroxylation sites is 1. The summed E-state index contributed by atoms with van der Waals surface area (Å²) < 4.78 is 37.0. The molecule has 2 aliphatic rings. The molecule has 0 bridgehead atoms. The molecule has 0 radical (unpaired) electrons. The number of benzene rings is 2. The van der Waals surface area contributed by atoms with E-state index in [0.717, 1.165) is 39.2 Å². The zero-order chi connectivity index (χ0) is 23.4. The van der Waals surface area contributed by atoms with E-state index in [-0.39, 0.29) is 18.1 Å². The summed E-state index contributed by atoms with van der Waals surface area (Å²) in [7, 11) is 0.00193. The lowest BCUT2D eigenvalue weighted by atomic mass is 9.70. The summed E-state index contributed by atoms with van der Waals surface area (Å²) in [5.41, 5.74) is 3.63. The van der Waals surface area contributed by atoms with E-state index in [1.807, 2.05) is 42.5 Å². The van der Waals surface area contributed by atoms with Gasteiger partial charge >= 0.3 is 0 Å². The SMILES string of the molecule is COc1ccc2c3c([nH]c2c1)[C@H](CO)N(Cc1ccccc1OC)CC31CN(S(C)(=O)=O)C1. The number of methoxy groups -OCH3 is 2. The van der Waals surface area contributed by atoms with Crippen molar-refractivity contribution in [2.24, 2.45) is 0 Å². The van der Waals surface area contributed by atoms with Gasteiger partial charge in [-0.1, -0.05) is 18.2 Å². The molecule has 0 unspecified atom stereocenters. The van der Waals surface area contributed by atoms with E-state index in [2.05, 4.69) is 9.88 Å². The van der Waals surface area contributed by atoms with Crippen LogP contribution in [0.3, 0.4) is 0 Å². The second-order valence-electron chi connectivity index (χ2n) is 9.05. The number of aromatic amines is 1. The Hall–Kier alpha value is -2.59. The van der Waals surface area contributed by atoms with Crippen LogP contribution in [-0.2, 0) is 22.0 Å². The number of aliphatic hydroxyl groups is 1. The zero-order valence-corrected chi connectivity index (χ0v) is 19.9. The highest BCUT2D eigenvalue weighted by atomic mass is 32.2. The first kappa shape index (κ1) is 22.2. The molecule has 3 heterocycles. The fourth-order valence-electron chi connectivity index (χ4n) is 5.45. The standard InChI is InChI=1S/C24H29N3O5S/c1-31-17-8-9-18-19(10-17)25-23-20(12-28)26(11-16-6-4-5-7-21(16)32-2)13-24(22(18)23)14-27(15-24)33(3,29)30/h4-10,20,25,28H,11-15H2,1-3H3/t20-/m0/s1. The number of H-pyrrole nitrogens is 1. The number of ether oxygens (including phenoxy) is 2. The van der Waals surface area contributed by atoms with Gasteiger partial charge in [-0.25, -0.2) is 12.7 Å². The minimum absolute atomic E-state index is 0.0576. The maximum atomic E-state index is 12.2. The van der Waals surface area contributed by atoms with Crippen molar-refractivity contribution in [1.29, 1.82) is 0 Å². The van der Waals surface area contributed by atoms with E-state index in [9.17, 15) is 13.5 Å². The van der Waals surface area contributed by atoms with Crippen molar-refractivity contribution >= 4 is 20.9 Å². The van der Waals surface area contributed by atoms with Gasteiger partial charge < -0.3 is 19.6 Å². The lowest BCUT2D eigenvalue weighted by Crippen LogP contribution is -2.67. The zero-order valence-electron chi connectivity index (χ0n) is 19.0. The van der Waals surface area contributed by atoms with Crippen LogP contribution >= 0.6 is 0 Å². The van der Waals surface area contributed by atoms with Gasteiger partial charge in [-0.15, -0.1) is 0 Å². The Morgan fingerprint density at radius 2 is 1.88 bits per heavy atom. The molecule has 0 amide bonds. The average molecular weight is 472 g/mol. The van der Waals surface area contributed by atoms with Crippen molar-refractivity contribution in [3.63, 3.8) is 0 Å². The molecule has 1 aromatic heterocycles. The van der Waals surface area contributed by atoms with Crippen LogP contribution in [0.15, 0.2) is 42.5 Å². The Labute approximate surface area is 193 Å². The number of sulfonamides is 1. The van der Waals surface area contributed by atoms with E-state index in [0.29, 0.717) is 26.2 Å². The Morgan fingerprint density at radius 1 is 1.12 bits per heavy atom. The number of fused-ring (bicyclic) bond motifs is 4. The van der Waals surface area contributed by atoms with E-state index >= 15 is 0 Å². The molecule has 1 saturated heterocycles. The fourth-order valence-corrected chi connectivity index (χ4v) is 6.42. The highest BCUT2D eigenvalue weighted by Crippen LogP contribution is 2.49. The van der Waals surface area contributed by atoms with Gasteiger partial charge in [0.2, 0.25) is 10.0 Å². The Kier molecular flexibility index (Phi) is 5.40. The summed E-state index contributed by atoms with van der Waals surface area (Å²) in [5.74, 6) is 1.54. The second-order valence-corrected chi connectivity index (χ2v) is 11.0. The van der Waals surface area contributed by atoms with Crippen molar-refractivity contribution in [3.05, 3.63) is 59.3 Å². The molecule has 2 N–H and O–H groups in total. The van der Waals surface area contributed by atoms with Gasteiger partial charge in [-0.05, 0) is 23.8 Å². The number of rotatable bonds is 6. The van der Waals surface area contributed by atoms with E-state index in [1.54, 1.807) is 14.2 Å². The van der Waals surface area contributed by atoms with Crippen molar-refractivity contribution < 1.29 is 23.0 Å². The van der Waals surface area contributed by atoms with Crippen LogP contribution in [0.4, 0.5) is 0 Å². The highest BCUT2D eigenvalue weighted by molar-refractivity contribution is 7.88. The van der Waals surface area contributed by atoms with Gasteiger partial charge in [-0.3, -0.25) is 4.90 Å². The first-order valence-corrected chi connectivity index (χ1v) is 12.8. The molecule has 3 aromatic rings. The third-order valence-corrected chi connectivity index (χ3v) is 8.21. The van der Waals surface area contributed by atoms with Gasteiger partial charge in [0.1, 0.15) is 11.5 Å². The maximum absolute atomic E-state index is 12.2. The highest BCUT2D eigenvalue weighted by Gasteiger charge is 2.54. The number of aromatic nitrogens is 1. The molecule has 5 rings (SSSR count). The first-order valence-electron chi connectivity index (χ1n) is 10.9. The van der Waals surface area contributed by atoms with Gasteiger partial charge in [-0.2, -0.15) is 0 Å². The molecule has 1 fully saturated rings. The van der Waals surface area contributed by atoms with Crippen molar-refractivity contribution in [2.75, 3.05) is 46.7 Å². The monoisotopic (exact) mass is 471 g/mol. The molecule has 176 valence electrons. The minimum Gasteiger partial charge on any atom is -0.497 e. The van der Waals surface area contributed by atoms with Crippen molar-refractivity contribution in [1.82, 2.24) is 14.2 Å². The second kappa shape index (κ2) is 8.02. The quantitative estimate of drug-likeness (QED) is 0.573. The van der Waals surface area contributed by atoms with Crippen LogP contribution in [0.2, 0.25) is 0 Å². The number of nitrogens with one attached hydrogen (secondary N) is 1. The molecule has 0 aliphatic carbocycles. The summed E-state index contributed by atoms with van der Waals surface area (Å²) in [6.45, 7) is 1.98. The summed E-state index contributed by atoms with van der Waals surface area (Å²) in [5, 5.41) is 11.5. The number of hydrogen-bond acceptors (Lipinski definition) is 6. The lowest BCUT2D eigenvalue weighted by molar-refractivity contribution is 0.0256. The predicted octanol–water partition coefficient (Wildman–Crippen LogP) is 2.25. The lowest BCUT2D eigenvalue weighted by Gasteiger charge is -2.55. The normalized spacial score (nSPS) is 20.5. The first-order chi connectivity index (χ1) is 15.8. The third-order valence-electron chi connectivity index (χ3n) is 7.01. The smallest absolute Gasteiger partial charge is 0.211 e. The third kappa shape index (κ3) is 3.59. The predicted molar refractivity (Wildman–Crippen MR) is 126 cm³/mol. The Morgan fingerprint density at radius 3 is 2.55 bits per heavy atom. The van der Waals surface area contributed by atoms with Crippen molar-refractivity contribution in [3.8, 4) is 11.5 Å². The summed E-state index contributed by atoms with van der Waals surface area (Å²) in [6, 6.07) is 13.5. The van der Waals surface area contributed by atoms with Crippen LogP contribution in [0.1, 0.15) is 22.9 Å². The number of aliphatic hydroxyl groups excluding tert-OH is 1. The molecule has 2 aliphatic heterocycles. The topological polar surface area (TPSA) is 95.1 Å². The van der Waals surface area contributed by atoms with Crippen molar-refractivity contribution in [2.45, 2.75) is 18.0 Å². The molecular formula is C24H29N3O5S. The van der Waals surface area contributed by atoms with Gasteiger partial charge in [0.05, 0.1) is 33.1 Å². The molecule has 8 nitrogen and oxygen atoms in total. The summed E-state index contributed by atoms with van der Waals surface area (Å²) in [6.07, 6.45) is 1.26. The van der Waals surface area contributed by atoms with E-state index < -0.39 is 10.0 Å². The summed E-state index contributed by atoms with van der Waals surface area (Å²) >= 11 is 0. The maximum Gasteiger partial charge on any atom is 0.211 e. The molecule has 9 heteroatoms. The van der Waals surface area contributed by atoms with Crippen LogP contribution < -0.4 is 9.47 Å². The average Bonchev–Trinajstić information content (AvgIpc) is 3.15. The largest absolute Gasteiger partial charge is 0.497 e. The van der Waals surface area contributed by atoms with E-state index in [4.69, 9.17) is 9.47 Å². The molecule has 2 aromatic carbocycles. The van der Waals surface area contributed by atoms with Gasteiger partial charge in [0.25, 0.3) is 0 Å². The Balaban J connectivity index is 1.62. The number of hydrogen-bond donors (Lipinski definition) is 2. The molecule has 1 atom stereocenters.